The Hall–Kier alpha value is -0.0800. The first kappa shape index (κ1) is 16.0. The lowest BCUT2D eigenvalue weighted by molar-refractivity contribution is -0.0697. The van der Waals surface area contributed by atoms with Crippen molar-refractivity contribution in [1.29, 1.82) is 0 Å². The van der Waals surface area contributed by atoms with E-state index in [1.807, 2.05) is 0 Å². The molecule has 0 aliphatic carbocycles. The van der Waals surface area contributed by atoms with Gasteiger partial charge in [-0.15, -0.1) is 0 Å². The Morgan fingerprint density at radius 2 is 1.61 bits per heavy atom. The highest BCUT2D eigenvalue weighted by Crippen LogP contribution is 2.37. The van der Waals surface area contributed by atoms with Crippen LogP contribution in [0.1, 0.15) is 79.6 Å². The summed E-state index contributed by atoms with van der Waals surface area (Å²) in [6, 6.07) is 0.503. The molecule has 0 spiro atoms. The van der Waals surface area contributed by atoms with E-state index in [9.17, 15) is 0 Å². The summed E-state index contributed by atoms with van der Waals surface area (Å²) in [4.78, 5) is 0. The third-order valence-corrected chi connectivity index (χ3v) is 4.00. The summed E-state index contributed by atoms with van der Waals surface area (Å²) in [5, 5.41) is 3.69. The van der Waals surface area contributed by atoms with Gasteiger partial charge < -0.3 is 10.1 Å². The maximum absolute atomic E-state index is 6.10. The second-order valence-electron chi connectivity index (χ2n) is 6.94. The van der Waals surface area contributed by atoms with Crippen LogP contribution in [0.2, 0.25) is 0 Å². The van der Waals surface area contributed by atoms with Gasteiger partial charge in [-0.3, -0.25) is 0 Å². The number of rotatable bonds is 8. The van der Waals surface area contributed by atoms with E-state index in [1.54, 1.807) is 0 Å². The first-order chi connectivity index (χ1) is 8.37. The summed E-state index contributed by atoms with van der Waals surface area (Å²) < 4.78 is 6.10. The van der Waals surface area contributed by atoms with Crippen LogP contribution in [-0.2, 0) is 4.74 Å². The summed E-state index contributed by atoms with van der Waals surface area (Å²) in [5.74, 6) is 0. The zero-order valence-corrected chi connectivity index (χ0v) is 13.1. The van der Waals surface area contributed by atoms with E-state index in [0.717, 1.165) is 13.0 Å². The monoisotopic (exact) mass is 255 g/mol. The fourth-order valence-electron chi connectivity index (χ4n) is 3.06. The fraction of sp³-hybridized carbons (Fsp3) is 1.00. The molecule has 108 valence electrons. The molecule has 0 aromatic rings. The molecule has 0 radical (unpaired) electrons. The third kappa shape index (κ3) is 5.27. The SMILES string of the molecule is CCCCCCCCNC1CC(C)(C)OC1(C)C. The second kappa shape index (κ2) is 6.91. The third-order valence-electron chi connectivity index (χ3n) is 4.00. The Morgan fingerprint density at radius 1 is 1.00 bits per heavy atom. The van der Waals surface area contributed by atoms with Gasteiger partial charge in [0.15, 0.2) is 0 Å². The van der Waals surface area contributed by atoms with E-state index >= 15 is 0 Å². The normalized spacial score (nSPS) is 25.5. The molecule has 1 aliphatic heterocycles. The van der Waals surface area contributed by atoms with Crippen LogP contribution in [0, 0.1) is 0 Å². The molecule has 1 fully saturated rings. The molecular formula is C16H33NO. The van der Waals surface area contributed by atoms with Crippen LogP contribution >= 0.6 is 0 Å². The smallest absolute Gasteiger partial charge is 0.0787 e. The van der Waals surface area contributed by atoms with E-state index in [4.69, 9.17) is 4.74 Å². The van der Waals surface area contributed by atoms with E-state index in [2.05, 4.69) is 39.9 Å². The number of nitrogens with one attached hydrogen (secondary N) is 1. The lowest BCUT2D eigenvalue weighted by Gasteiger charge is -2.27. The van der Waals surface area contributed by atoms with Crippen LogP contribution in [0.4, 0.5) is 0 Å². The largest absolute Gasteiger partial charge is 0.368 e. The molecule has 0 aromatic carbocycles. The maximum atomic E-state index is 6.10. The van der Waals surface area contributed by atoms with Crippen LogP contribution in [-0.4, -0.2) is 23.8 Å². The van der Waals surface area contributed by atoms with Gasteiger partial charge in [-0.2, -0.15) is 0 Å². The van der Waals surface area contributed by atoms with Gasteiger partial charge in [-0.05, 0) is 47.1 Å². The van der Waals surface area contributed by atoms with Gasteiger partial charge in [-0.25, -0.2) is 0 Å². The molecule has 0 amide bonds. The molecule has 1 rings (SSSR count). The average molecular weight is 255 g/mol. The summed E-state index contributed by atoms with van der Waals surface area (Å²) in [6.07, 6.45) is 9.32. The highest BCUT2D eigenvalue weighted by atomic mass is 16.5. The molecule has 0 saturated carbocycles. The van der Waals surface area contributed by atoms with Crippen molar-refractivity contribution < 1.29 is 4.74 Å². The van der Waals surface area contributed by atoms with Crippen molar-refractivity contribution in [2.45, 2.75) is 96.8 Å². The molecule has 2 nitrogen and oxygen atoms in total. The molecule has 18 heavy (non-hydrogen) atoms. The Balaban J connectivity index is 2.12. The second-order valence-corrected chi connectivity index (χ2v) is 6.94. The lowest BCUT2D eigenvalue weighted by atomic mass is 9.94. The molecule has 1 unspecified atom stereocenters. The molecular weight excluding hydrogens is 222 g/mol. The van der Waals surface area contributed by atoms with Gasteiger partial charge in [-0.1, -0.05) is 39.0 Å². The minimum absolute atomic E-state index is 0.0221. The van der Waals surface area contributed by atoms with Gasteiger partial charge in [0.2, 0.25) is 0 Å². The van der Waals surface area contributed by atoms with E-state index in [-0.39, 0.29) is 11.2 Å². The summed E-state index contributed by atoms with van der Waals surface area (Å²) in [6.45, 7) is 12.2. The van der Waals surface area contributed by atoms with E-state index in [0.29, 0.717) is 6.04 Å². The predicted molar refractivity (Wildman–Crippen MR) is 79.0 cm³/mol. The van der Waals surface area contributed by atoms with Crippen molar-refractivity contribution in [3.8, 4) is 0 Å². The van der Waals surface area contributed by atoms with Crippen molar-refractivity contribution in [3.05, 3.63) is 0 Å². The molecule has 1 saturated heterocycles. The molecule has 2 heteroatoms. The highest BCUT2D eigenvalue weighted by molar-refractivity contribution is 4.98. The summed E-state index contributed by atoms with van der Waals surface area (Å²) in [7, 11) is 0. The topological polar surface area (TPSA) is 21.3 Å². The zero-order chi connectivity index (χ0) is 13.6. The van der Waals surface area contributed by atoms with Crippen molar-refractivity contribution >= 4 is 0 Å². The Bertz CT molecular complexity index is 235. The first-order valence-corrected chi connectivity index (χ1v) is 7.81. The van der Waals surface area contributed by atoms with Gasteiger partial charge >= 0.3 is 0 Å². The Morgan fingerprint density at radius 3 is 2.17 bits per heavy atom. The van der Waals surface area contributed by atoms with Crippen molar-refractivity contribution in [2.75, 3.05) is 6.54 Å². The number of unbranched alkanes of at least 4 members (excludes halogenated alkanes) is 5. The molecule has 0 bridgehead atoms. The number of hydrogen-bond acceptors (Lipinski definition) is 2. The minimum atomic E-state index is -0.0221. The molecule has 1 heterocycles. The summed E-state index contributed by atoms with van der Waals surface area (Å²) in [5.41, 5.74) is 0.00794. The van der Waals surface area contributed by atoms with Gasteiger partial charge in [0.1, 0.15) is 0 Å². The van der Waals surface area contributed by atoms with E-state index in [1.165, 1.54) is 38.5 Å². The van der Waals surface area contributed by atoms with Crippen molar-refractivity contribution in [3.63, 3.8) is 0 Å². The van der Waals surface area contributed by atoms with Crippen LogP contribution < -0.4 is 5.32 Å². The highest BCUT2D eigenvalue weighted by Gasteiger charge is 2.45. The zero-order valence-electron chi connectivity index (χ0n) is 13.1. The van der Waals surface area contributed by atoms with Crippen LogP contribution in [0.3, 0.4) is 0 Å². The molecule has 1 atom stereocenters. The lowest BCUT2D eigenvalue weighted by Crippen LogP contribution is -2.43. The molecule has 1 N–H and O–H groups in total. The minimum Gasteiger partial charge on any atom is -0.368 e. The fourth-order valence-corrected chi connectivity index (χ4v) is 3.06. The van der Waals surface area contributed by atoms with Crippen LogP contribution in [0.5, 0.6) is 0 Å². The van der Waals surface area contributed by atoms with Gasteiger partial charge in [0, 0.05) is 6.04 Å². The molecule has 1 aliphatic rings. The average Bonchev–Trinajstić information content (AvgIpc) is 2.45. The number of ether oxygens (including phenoxy) is 1. The van der Waals surface area contributed by atoms with Crippen LogP contribution in [0.25, 0.3) is 0 Å². The Labute approximate surface area is 114 Å². The van der Waals surface area contributed by atoms with Gasteiger partial charge in [0.25, 0.3) is 0 Å². The quantitative estimate of drug-likeness (QED) is 0.654. The maximum Gasteiger partial charge on any atom is 0.0787 e. The van der Waals surface area contributed by atoms with Crippen molar-refractivity contribution in [2.24, 2.45) is 0 Å². The predicted octanol–water partition coefficient (Wildman–Crippen LogP) is 4.28. The van der Waals surface area contributed by atoms with Crippen LogP contribution in [0.15, 0.2) is 0 Å². The standard InChI is InChI=1S/C16H33NO/c1-6-7-8-9-10-11-12-17-14-13-15(2,3)18-16(14,4)5/h14,17H,6-13H2,1-5H3. The van der Waals surface area contributed by atoms with Gasteiger partial charge in [0.05, 0.1) is 11.2 Å². The molecule has 0 aromatic heterocycles. The van der Waals surface area contributed by atoms with Crippen molar-refractivity contribution in [1.82, 2.24) is 5.32 Å². The Kier molecular flexibility index (Phi) is 6.13. The first-order valence-electron chi connectivity index (χ1n) is 7.81. The number of hydrogen-bond donors (Lipinski definition) is 1. The van der Waals surface area contributed by atoms with E-state index < -0.39 is 0 Å². The summed E-state index contributed by atoms with van der Waals surface area (Å²) >= 11 is 0.